The number of aromatic nitrogens is 1. The van der Waals surface area contributed by atoms with E-state index >= 15 is 0 Å². The predicted octanol–water partition coefficient (Wildman–Crippen LogP) is 2.73. The van der Waals surface area contributed by atoms with Crippen molar-refractivity contribution in [2.24, 2.45) is 0 Å². The van der Waals surface area contributed by atoms with Crippen LogP contribution in [-0.4, -0.2) is 11.6 Å². The van der Waals surface area contributed by atoms with Gasteiger partial charge in [0.2, 0.25) is 0 Å². The minimum Gasteiger partial charge on any atom is -0.493 e. The highest BCUT2D eigenvalue weighted by Crippen LogP contribution is 2.33. The zero-order valence-corrected chi connectivity index (χ0v) is 8.79. The summed E-state index contributed by atoms with van der Waals surface area (Å²) >= 11 is 0. The first-order valence-corrected chi connectivity index (χ1v) is 5.42. The van der Waals surface area contributed by atoms with Crippen molar-refractivity contribution in [2.75, 3.05) is 6.61 Å². The number of hydrogen-bond donors (Lipinski definition) is 0. The van der Waals surface area contributed by atoms with Crippen LogP contribution in [-0.2, 0) is 12.8 Å². The van der Waals surface area contributed by atoms with Crippen LogP contribution < -0.4 is 4.74 Å². The molecule has 3 rings (SSSR count). The van der Waals surface area contributed by atoms with Crippen molar-refractivity contribution < 1.29 is 4.74 Å². The number of pyridine rings is 1. The second kappa shape index (κ2) is 3.23. The summed E-state index contributed by atoms with van der Waals surface area (Å²) in [4.78, 5) is 4.48. The molecular formula is C13H13NO. The lowest BCUT2D eigenvalue weighted by Gasteiger charge is -2.18. The summed E-state index contributed by atoms with van der Waals surface area (Å²) in [6.45, 7) is 2.95. The molecule has 2 heteroatoms. The second-order valence-electron chi connectivity index (χ2n) is 3.87. The van der Waals surface area contributed by atoms with E-state index in [1.807, 2.05) is 6.20 Å². The van der Waals surface area contributed by atoms with Gasteiger partial charge < -0.3 is 4.74 Å². The van der Waals surface area contributed by atoms with Gasteiger partial charge in [-0.05, 0) is 29.7 Å². The number of nitrogens with zero attached hydrogens (tertiary/aromatic N) is 1. The maximum Gasteiger partial charge on any atom is 0.129 e. The van der Waals surface area contributed by atoms with Crippen LogP contribution in [0.1, 0.15) is 18.1 Å². The lowest BCUT2D eigenvalue weighted by Crippen LogP contribution is -2.09. The summed E-state index contributed by atoms with van der Waals surface area (Å²) in [6, 6.07) is 6.30. The van der Waals surface area contributed by atoms with Gasteiger partial charge in [0, 0.05) is 18.0 Å². The summed E-state index contributed by atoms with van der Waals surface area (Å²) in [6.07, 6.45) is 3.93. The van der Waals surface area contributed by atoms with E-state index in [9.17, 15) is 0 Å². The fourth-order valence-corrected chi connectivity index (χ4v) is 2.24. The monoisotopic (exact) mass is 199 g/mol. The van der Waals surface area contributed by atoms with E-state index in [0.29, 0.717) is 0 Å². The topological polar surface area (TPSA) is 22.1 Å². The molecular weight excluding hydrogens is 186 g/mol. The summed E-state index contributed by atoms with van der Waals surface area (Å²) in [5, 5.41) is 1.23. The Bertz CT molecular complexity index is 509. The van der Waals surface area contributed by atoms with Gasteiger partial charge >= 0.3 is 0 Å². The lowest BCUT2D eigenvalue weighted by atomic mass is 9.99. The molecule has 2 nitrogen and oxygen atoms in total. The molecule has 2 aromatic rings. The van der Waals surface area contributed by atoms with Gasteiger partial charge in [-0.25, -0.2) is 0 Å². The Morgan fingerprint density at radius 1 is 1.33 bits per heavy atom. The van der Waals surface area contributed by atoms with Crippen molar-refractivity contribution in [1.29, 1.82) is 0 Å². The molecule has 0 unspecified atom stereocenters. The molecule has 0 N–H and O–H groups in total. The fourth-order valence-electron chi connectivity index (χ4n) is 2.24. The average molecular weight is 199 g/mol. The first-order valence-electron chi connectivity index (χ1n) is 5.42. The SMILES string of the molecule is CCc1ccc2c3c(ccnc13)CCO2. The molecule has 76 valence electrons. The fraction of sp³-hybridized carbons (Fsp3) is 0.308. The third kappa shape index (κ3) is 1.21. The standard InChI is InChI=1S/C13H13NO/c1-2-9-3-4-11-12-10(6-8-15-11)5-7-14-13(9)12/h3-5,7H,2,6,8H2,1H3. The van der Waals surface area contributed by atoms with E-state index in [2.05, 4.69) is 30.1 Å². The molecule has 0 aliphatic carbocycles. The van der Waals surface area contributed by atoms with Gasteiger partial charge in [0.05, 0.1) is 12.1 Å². The Labute approximate surface area is 88.9 Å². The number of aryl methyl sites for hydroxylation is 1. The highest BCUT2D eigenvalue weighted by atomic mass is 16.5. The van der Waals surface area contributed by atoms with E-state index in [4.69, 9.17) is 4.74 Å². The minimum absolute atomic E-state index is 0.789. The van der Waals surface area contributed by atoms with Crippen LogP contribution in [0.3, 0.4) is 0 Å². The van der Waals surface area contributed by atoms with Crippen LogP contribution in [0.4, 0.5) is 0 Å². The van der Waals surface area contributed by atoms with Crippen LogP contribution >= 0.6 is 0 Å². The van der Waals surface area contributed by atoms with E-state index in [1.165, 1.54) is 16.5 Å². The van der Waals surface area contributed by atoms with Gasteiger partial charge in [-0.2, -0.15) is 0 Å². The molecule has 1 aromatic carbocycles. The largest absolute Gasteiger partial charge is 0.493 e. The lowest BCUT2D eigenvalue weighted by molar-refractivity contribution is 0.318. The predicted molar refractivity (Wildman–Crippen MR) is 60.3 cm³/mol. The number of ether oxygens (including phenoxy) is 1. The average Bonchev–Trinajstić information content (AvgIpc) is 2.30. The van der Waals surface area contributed by atoms with Crippen LogP contribution in [0, 0.1) is 0 Å². The highest BCUT2D eigenvalue weighted by molar-refractivity contribution is 5.91. The molecule has 15 heavy (non-hydrogen) atoms. The summed E-state index contributed by atoms with van der Waals surface area (Å²) in [7, 11) is 0. The minimum atomic E-state index is 0.789. The zero-order valence-electron chi connectivity index (χ0n) is 8.79. The van der Waals surface area contributed by atoms with Crippen LogP contribution in [0.15, 0.2) is 24.4 Å². The van der Waals surface area contributed by atoms with E-state index in [-0.39, 0.29) is 0 Å². The van der Waals surface area contributed by atoms with Crippen molar-refractivity contribution in [3.05, 3.63) is 35.5 Å². The quantitative estimate of drug-likeness (QED) is 0.704. The summed E-state index contributed by atoms with van der Waals surface area (Å²) in [5.74, 6) is 0.997. The normalized spacial score (nSPS) is 13.9. The molecule has 0 saturated carbocycles. The Balaban J connectivity index is 2.43. The molecule has 0 fully saturated rings. The molecule has 1 aliphatic rings. The Morgan fingerprint density at radius 2 is 2.27 bits per heavy atom. The van der Waals surface area contributed by atoms with Crippen molar-refractivity contribution in [1.82, 2.24) is 4.98 Å². The molecule has 2 heterocycles. The summed E-state index contributed by atoms with van der Waals surface area (Å²) < 4.78 is 5.66. The molecule has 1 aliphatic heterocycles. The Morgan fingerprint density at radius 3 is 3.13 bits per heavy atom. The van der Waals surface area contributed by atoms with Crippen LogP contribution in [0.2, 0.25) is 0 Å². The van der Waals surface area contributed by atoms with Gasteiger partial charge in [-0.1, -0.05) is 13.0 Å². The van der Waals surface area contributed by atoms with Crippen molar-refractivity contribution in [2.45, 2.75) is 19.8 Å². The third-order valence-electron chi connectivity index (χ3n) is 3.03. The molecule has 0 amide bonds. The van der Waals surface area contributed by atoms with Gasteiger partial charge in [0.15, 0.2) is 0 Å². The van der Waals surface area contributed by atoms with Gasteiger partial charge in [-0.15, -0.1) is 0 Å². The van der Waals surface area contributed by atoms with Crippen LogP contribution in [0.25, 0.3) is 10.9 Å². The van der Waals surface area contributed by atoms with Gasteiger partial charge in [0.1, 0.15) is 5.75 Å². The number of hydrogen-bond acceptors (Lipinski definition) is 2. The first-order chi connectivity index (χ1) is 7.40. The summed E-state index contributed by atoms with van der Waals surface area (Å²) in [5.41, 5.74) is 3.80. The third-order valence-corrected chi connectivity index (χ3v) is 3.03. The van der Waals surface area contributed by atoms with Crippen molar-refractivity contribution in [3.63, 3.8) is 0 Å². The maximum atomic E-state index is 5.66. The Kier molecular flexibility index (Phi) is 1.88. The molecule has 0 saturated heterocycles. The van der Waals surface area contributed by atoms with Gasteiger partial charge in [-0.3, -0.25) is 4.98 Å². The van der Waals surface area contributed by atoms with Gasteiger partial charge in [0.25, 0.3) is 0 Å². The molecule has 0 bridgehead atoms. The maximum absolute atomic E-state index is 5.66. The zero-order chi connectivity index (χ0) is 10.3. The van der Waals surface area contributed by atoms with Crippen LogP contribution in [0.5, 0.6) is 5.75 Å². The van der Waals surface area contributed by atoms with E-state index in [1.54, 1.807) is 0 Å². The highest BCUT2D eigenvalue weighted by Gasteiger charge is 2.15. The molecule has 0 radical (unpaired) electrons. The molecule has 1 aromatic heterocycles. The smallest absolute Gasteiger partial charge is 0.129 e. The first kappa shape index (κ1) is 8.72. The second-order valence-corrected chi connectivity index (χ2v) is 3.87. The Hall–Kier alpha value is -1.57. The van der Waals surface area contributed by atoms with E-state index < -0.39 is 0 Å². The molecule has 0 spiro atoms. The number of benzene rings is 1. The number of rotatable bonds is 1. The van der Waals surface area contributed by atoms with E-state index in [0.717, 1.165) is 30.7 Å². The van der Waals surface area contributed by atoms with Crippen molar-refractivity contribution in [3.8, 4) is 5.75 Å². The van der Waals surface area contributed by atoms with Crippen molar-refractivity contribution >= 4 is 10.9 Å². The molecule has 0 atom stereocenters.